The highest BCUT2D eigenvalue weighted by Crippen LogP contribution is 2.23. The van der Waals surface area contributed by atoms with Crippen molar-refractivity contribution < 1.29 is 4.79 Å². The number of nitrogens with zero attached hydrogens (tertiary/aromatic N) is 1. The van der Waals surface area contributed by atoms with Crippen LogP contribution >= 0.6 is 0 Å². The van der Waals surface area contributed by atoms with Crippen LogP contribution < -0.4 is 5.32 Å². The lowest BCUT2D eigenvalue weighted by Gasteiger charge is -2.09. The molecule has 0 spiro atoms. The molecule has 0 aliphatic rings. The van der Waals surface area contributed by atoms with Crippen LogP contribution in [0, 0.1) is 0 Å². The second kappa shape index (κ2) is 6.01. The number of pyridine rings is 1. The van der Waals surface area contributed by atoms with Crippen molar-refractivity contribution in [1.82, 2.24) is 4.98 Å². The average Bonchev–Trinajstić information content (AvgIpc) is 2.56. The summed E-state index contributed by atoms with van der Waals surface area (Å²) in [6.07, 6.45) is 1.65. The van der Waals surface area contributed by atoms with Crippen molar-refractivity contribution in [2.75, 3.05) is 5.32 Å². The summed E-state index contributed by atoms with van der Waals surface area (Å²) >= 11 is 0. The molecule has 3 rings (SSSR count). The molecule has 0 atom stereocenters. The number of hydrogen-bond acceptors (Lipinski definition) is 2. The molecule has 0 saturated carbocycles. The highest BCUT2D eigenvalue weighted by Gasteiger charge is 2.12. The third-order valence-electron chi connectivity index (χ3n) is 3.16. The predicted octanol–water partition coefficient (Wildman–Crippen LogP) is 4.00. The number of hydrogen-bond donors (Lipinski definition) is 1. The summed E-state index contributed by atoms with van der Waals surface area (Å²) in [5.41, 5.74) is 2.56. The average molecular weight is 274 g/mol. The number of nitrogens with one attached hydrogen (secondary N) is 1. The fraction of sp³-hybridized carbons (Fsp3) is 0. The Bertz CT molecular complexity index is 739. The van der Waals surface area contributed by atoms with Crippen molar-refractivity contribution >= 4 is 11.7 Å². The Hall–Kier alpha value is -2.94. The van der Waals surface area contributed by atoms with E-state index in [9.17, 15) is 4.79 Å². The number of amides is 1. The van der Waals surface area contributed by atoms with E-state index in [0.29, 0.717) is 11.4 Å². The Morgan fingerprint density at radius 2 is 1.52 bits per heavy atom. The molecule has 21 heavy (non-hydrogen) atoms. The van der Waals surface area contributed by atoms with E-state index < -0.39 is 0 Å². The monoisotopic (exact) mass is 274 g/mol. The van der Waals surface area contributed by atoms with Gasteiger partial charge >= 0.3 is 0 Å². The van der Waals surface area contributed by atoms with Gasteiger partial charge in [-0.1, -0.05) is 54.6 Å². The van der Waals surface area contributed by atoms with Crippen molar-refractivity contribution in [2.45, 2.75) is 0 Å². The molecule has 0 aliphatic heterocycles. The molecule has 1 amide bonds. The zero-order chi connectivity index (χ0) is 14.5. The summed E-state index contributed by atoms with van der Waals surface area (Å²) in [7, 11) is 0. The van der Waals surface area contributed by atoms with Crippen molar-refractivity contribution in [3.8, 4) is 11.1 Å². The van der Waals surface area contributed by atoms with Crippen molar-refractivity contribution in [2.24, 2.45) is 0 Å². The van der Waals surface area contributed by atoms with Crippen LogP contribution in [0.5, 0.6) is 0 Å². The van der Waals surface area contributed by atoms with E-state index in [-0.39, 0.29) is 5.91 Å². The molecular weight excluding hydrogens is 260 g/mol. The van der Waals surface area contributed by atoms with Gasteiger partial charge in [0.25, 0.3) is 5.91 Å². The molecule has 0 unspecified atom stereocenters. The minimum absolute atomic E-state index is 0.159. The van der Waals surface area contributed by atoms with Crippen LogP contribution in [0.2, 0.25) is 0 Å². The van der Waals surface area contributed by atoms with Crippen molar-refractivity contribution in [3.63, 3.8) is 0 Å². The number of aromatic nitrogens is 1. The van der Waals surface area contributed by atoms with Crippen LogP contribution in [-0.2, 0) is 0 Å². The Kier molecular flexibility index (Phi) is 3.74. The summed E-state index contributed by atoms with van der Waals surface area (Å²) in [6, 6.07) is 22.8. The maximum absolute atomic E-state index is 12.5. The first-order valence-electron chi connectivity index (χ1n) is 6.71. The Labute approximate surface area is 123 Å². The van der Waals surface area contributed by atoms with Crippen LogP contribution in [0.1, 0.15) is 10.4 Å². The topological polar surface area (TPSA) is 42.0 Å². The zero-order valence-corrected chi connectivity index (χ0v) is 11.4. The molecule has 0 bridgehead atoms. The lowest BCUT2D eigenvalue weighted by Crippen LogP contribution is -2.13. The molecule has 0 aliphatic carbocycles. The second-order valence-corrected chi connectivity index (χ2v) is 4.58. The molecule has 102 valence electrons. The van der Waals surface area contributed by atoms with Crippen LogP contribution in [0.4, 0.5) is 5.82 Å². The van der Waals surface area contributed by atoms with E-state index in [1.807, 2.05) is 66.7 Å². The number of carbonyl (C=O) groups excluding carboxylic acids is 1. The number of carbonyl (C=O) groups is 1. The van der Waals surface area contributed by atoms with E-state index in [4.69, 9.17) is 0 Å². The standard InChI is InChI=1S/C18H14N2O/c21-18(20-17-12-6-7-13-19-17)16-11-5-4-10-15(16)14-8-2-1-3-9-14/h1-13H,(H,19,20,21). The molecule has 2 aromatic carbocycles. The van der Waals surface area contributed by atoms with Gasteiger partial charge in [0.1, 0.15) is 5.82 Å². The molecule has 1 N–H and O–H groups in total. The van der Waals surface area contributed by atoms with Crippen molar-refractivity contribution in [3.05, 3.63) is 84.6 Å². The van der Waals surface area contributed by atoms with Gasteiger partial charge in [-0.25, -0.2) is 4.98 Å². The molecule has 1 heterocycles. The van der Waals surface area contributed by atoms with Gasteiger partial charge in [-0.2, -0.15) is 0 Å². The number of anilines is 1. The highest BCUT2D eigenvalue weighted by atomic mass is 16.1. The molecule has 0 radical (unpaired) electrons. The Morgan fingerprint density at radius 1 is 0.810 bits per heavy atom. The maximum atomic E-state index is 12.5. The minimum Gasteiger partial charge on any atom is -0.307 e. The first-order chi connectivity index (χ1) is 10.3. The fourth-order valence-corrected chi connectivity index (χ4v) is 2.17. The van der Waals surface area contributed by atoms with Gasteiger partial charge in [-0.15, -0.1) is 0 Å². The molecule has 0 saturated heterocycles. The maximum Gasteiger partial charge on any atom is 0.257 e. The molecule has 3 nitrogen and oxygen atoms in total. The van der Waals surface area contributed by atoms with Crippen LogP contribution in [-0.4, -0.2) is 10.9 Å². The van der Waals surface area contributed by atoms with Gasteiger partial charge in [0.05, 0.1) is 0 Å². The van der Waals surface area contributed by atoms with E-state index in [1.54, 1.807) is 12.3 Å². The first-order valence-corrected chi connectivity index (χ1v) is 6.71. The summed E-state index contributed by atoms with van der Waals surface area (Å²) in [5, 5.41) is 2.82. The lowest BCUT2D eigenvalue weighted by atomic mass is 9.99. The van der Waals surface area contributed by atoms with Crippen molar-refractivity contribution in [1.29, 1.82) is 0 Å². The molecule has 0 fully saturated rings. The number of benzene rings is 2. The highest BCUT2D eigenvalue weighted by molar-refractivity contribution is 6.08. The minimum atomic E-state index is -0.159. The van der Waals surface area contributed by atoms with E-state index in [1.165, 1.54) is 0 Å². The quantitative estimate of drug-likeness (QED) is 0.784. The lowest BCUT2D eigenvalue weighted by molar-refractivity contribution is 0.102. The van der Waals surface area contributed by atoms with Gasteiger partial charge in [0.2, 0.25) is 0 Å². The SMILES string of the molecule is O=C(Nc1ccccn1)c1ccccc1-c1ccccc1. The smallest absolute Gasteiger partial charge is 0.257 e. The Balaban J connectivity index is 1.94. The third kappa shape index (κ3) is 2.98. The van der Waals surface area contributed by atoms with E-state index in [0.717, 1.165) is 11.1 Å². The van der Waals surface area contributed by atoms with Gasteiger partial charge in [0.15, 0.2) is 0 Å². The zero-order valence-electron chi connectivity index (χ0n) is 11.4. The molecule has 1 aromatic heterocycles. The molecular formula is C18H14N2O. The van der Waals surface area contributed by atoms with Crippen LogP contribution in [0.3, 0.4) is 0 Å². The summed E-state index contributed by atoms with van der Waals surface area (Å²) in [6.45, 7) is 0. The van der Waals surface area contributed by atoms with Gasteiger partial charge in [-0.05, 0) is 29.3 Å². The largest absolute Gasteiger partial charge is 0.307 e. The van der Waals surface area contributed by atoms with E-state index in [2.05, 4.69) is 10.3 Å². The fourth-order valence-electron chi connectivity index (χ4n) is 2.17. The van der Waals surface area contributed by atoms with Gasteiger partial charge in [-0.3, -0.25) is 4.79 Å². The molecule has 3 aromatic rings. The first kappa shape index (κ1) is 13.1. The number of rotatable bonds is 3. The summed E-state index contributed by atoms with van der Waals surface area (Å²) < 4.78 is 0. The van der Waals surface area contributed by atoms with Crippen LogP contribution in [0.25, 0.3) is 11.1 Å². The normalized spacial score (nSPS) is 10.1. The van der Waals surface area contributed by atoms with Gasteiger partial charge in [0, 0.05) is 11.8 Å². The third-order valence-corrected chi connectivity index (χ3v) is 3.16. The molecule has 3 heteroatoms. The summed E-state index contributed by atoms with van der Waals surface area (Å²) in [5.74, 6) is 0.388. The second-order valence-electron chi connectivity index (χ2n) is 4.58. The van der Waals surface area contributed by atoms with E-state index >= 15 is 0 Å². The summed E-state index contributed by atoms with van der Waals surface area (Å²) in [4.78, 5) is 16.6. The predicted molar refractivity (Wildman–Crippen MR) is 84.1 cm³/mol. The van der Waals surface area contributed by atoms with Crippen LogP contribution in [0.15, 0.2) is 79.0 Å². The Morgan fingerprint density at radius 3 is 2.29 bits per heavy atom. The van der Waals surface area contributed by atoms with Gasteiger partial charge < -0.3 is 5.32 Å².